The van der Waals surface area contributed by atoms with Crippen LogP contribution in [0.4, 0.5) is 5.69 Å². The topological polar surface area (TPSA) is 55.6 Å². The van der Waals surface area contributed by atoms with Crippen LogP contribution in [-0.4, -0.2) is 15.5 Å². The van der Waals surface area contributed by atoms with Crippen molar-refractivity contribution in [3.05, 3.63) is 89.2 Å². The molecule has 4 rings (SSSR count). The zero-order valence-electron chi connectivity index (χ0n) is 14.5. The fourth-order valence-corrected chi connectivity index (χ4v) is 2.99. The lowest BCUT2D eigenvalue weighted by Gasteiger charge is -2.11. The number of halogens is 1. The van der Waals surface area contributed by atoms with E-state index in [-0.39, 0.29) is 5.91 Å². The number of nitrogens with zero attached hydrogens (tertiary/aromatic N) is 2. The second-order valence-corrected chi connectivity index (χ2v) is 6.49. The van der Waals surface area contributed by atoms with Gasteiger partial charge in [-0.05, 0) is 48.9 Å². The van der Waals surface area contributed by atoms with Crippen molar-refractivity contribution >= 4 is 28.7 Å². The minimum absolute atomic E-state index is 0.271. The summed E-state index contributed by atoms with van der Waals surface area (Å²) < 4.78 is 7.76. The highest BCUT2D eigenvalue weighted by molar-refractivity contribution is 6.34. The summed E-state index contributed by atoms with van der Waals surface area (Å²) in [6.45, 7) is 1.98. The first-order valence-electron chi connectivity index (χ1n) is 8.38. The van der Waals surface area contributed by atoms with Crippen LogP contribution < -0.4 is 10.1 Å². The van der Waals surface area contributed by atoms with Gasteiger partial charge in [0.25, 0.3) is 5.91 Å². The average molecular weight is 378 g/mol. The van der Waals surface area contributed by atoms with Crippen molar-refractivity contribution in [2.45, 2.75) is 6.92 Å². The average Bonchev–Trinajstić information content (AvgIpc) is 3.09. The fourth-order valence-electron chi connectivity index (χ4n) is 2.77. The maximum atomic E-state index is 12.4. The van der Waals surface area contributed by atoms with E-state index in [1.807, 2.05) is 37.4 Å². The van der Waals surface area contributed by atoms with E-state index in [2.05, 4.69) is 10.4 Å². The van der Waals surface area contributed by atoms with Gasteiger partial charge in [-0.15, -0.1) is 0 Å². The third-order valence-corrected chi connectivity index (χ3v) is 4.46. The molecule has 0 spiro atoms. The number of carbonyl (C=O) groups excluding carboxylic acids is 1. The highest BCUT2D eigenvalue weighted by atomic mass is 35.5. The van der Waals surface area contributed by atoms with Crippen LogP contribution in [0.3, 0.4) is 0 Å². The number of nitrogens with one attached hydrogen (secondary N) is 1. The molecule has 1 N–H and O–H groups in total. The van der Waals surface area contributed by atoms with E-state index in [9.17, 15) is 4.79 Å². The largest absolute Gasteiger partial charge is 0.455 e. The van der Waals surface area contributed by atoms with Gasteiger partial charge in [0.2, 0.25) is 0 Å². The number of carbonyl (C=O) groups is 1. The van der Waals surface area contributed by atoms with E-state index in [0.717, 1.165) is 11.1 Å². The SMILES string of the molecule is Cc1cc2ccnn2cc1Oc1cccc(NC(=O)c2ccccc2Cl)c1. The van der Waals surface area contributed by atoms with Gasteiger partial charge in [-0.25, -0.2) is 4.52 Å². The second-order valence-electron chi connectivity index (χ2n) is 6.09. The van der Waals surface area contributed by atoms with E-state index in [1.54, 1.807) is 47.1 Å². The molecule has 4 aromatic rings. The standard InChI is InChI=1S/C21H16ClN3O2/c1-14-11-16-9-10-23-25(16)13-20(14)27-17-6-4-5-15(12-17)24-21(26)18-7-2-3-8-19(18)22/h2-13H,1H3,(H,24,26). The number of aromatic nitrogens is 2. The summed E-state index contributed by atoms with van der Waals surface area (Å²) in [5.74, 6) is 1.04. The van der Waals surface area contributed by atoms with Crippen molar-refractivity contribution in [1.82, 2.24) is 9.61 Å². The van der Waals surface area contributed by atoms with Gasteiger partial charge < -0.3 is 10.1 Å². The third kappa shape index (κ3) is 3.64. The van der Waals surface area contributed by atoms with E-state index in [1.165, 1.54) is 0 Å². The number of hydrogen-bond donors (Lipinski definition) is 1. The van der Waals surface area contributed by atoms with E-state index in [0.29, 0.717) is 27.8 Å². The number of rotatable bonds is 4. The van der Waals surface area contributed by atoms with Gasteiger partial charge in [-0.3, -0.25) is 4.79 Å². The smallest absolute Gasteiger partial charge is 0.257 e. The lowest BCUT2D eigenvalue weighted by Crippen LogP contribution is -2.12. The van der Waals surface area contributed by atoms with Crippen LogP contribution in [0.15, 0.2) is 73.1 Å². The molecule has 0 saturated carbocycles. The Labute approximate surface area is 161 Å². The van der Waals surface area contributed by atoms with Crippen LogP contribution in [0.1, 0.15) is 15.9 Å². The summed E-state index contributed by atoms with van der Waals surface area (Å²) >= 11 is 6.09. The van der Waals surface area contributed by atoms with Gasteiger partial charge in [0, 0.05) is 18.0 Å². The number of fused-ring (bicyclic) bond motifs is 1. The molecule has 0 radical (unpaired) electrons. The van der Waals surface area contributed by atoms with Crippen molar-refractivity contribution in [3.8, 4) is 11.5 Å². The Morgan fingerprint density at radius 1 is 1.11 bits per heavy atom. The molecule has 2 heterocycles. The Kier molecular flexibility index (Phi) is 4.52. The number of pyridine rings is 1. The van der Waals surface area contributed by atoms with E-state index in [4.69, 9.17) is 16.3 Å². The molecule has 134 valence electrons. The van der Waals surface area contributed by atoms with Gasteiger partial charge in [0.1, 0.15) is 11.5 Å². The molecule has 0 bridgehead atoms. The van der Waals surface area contributed by atoms with Gasteiger partial charge in [-0.1, -0.05) is 29.8 Å². The number of aryl methyl sites for hydroxylation is 1. The van der Waals surface area contributed by atoms with Crippen molar-refractivity contribution in [3.63, 3.8) is 0 Å². The summed E-state index contributed by atoms with van der Waals surface area (Å²) in [5.41, 5.74) is 3.04. The quantitative estimate of drug-likeness (QED) is 0.522. The molecular formula is C21H16ClN3O2. The monoisotopic (exact) mass is 377 g/mol. The zero-order chi connectivity index (χ0) is 18.8. The molecular weight excluding hydrogens is 362 g/mol. The molecule has 0 aliphatic rings. The molecule has 1 amide bonds. The molecule has 2 aromatic heterocycles. The van der Waals surface area contributed by atoms with E-state index >= 15 is 0 Å². The molecule has 2 aromatic carbocycles. The van der Waals surface area contributed by atoms with E-state index < -0.39 is 0 Å². The molecule has 5 nitrogen and oxygen atoms in total. The third-order valence-electron chi connectivity index (χ3n) is 4.13. The van der Waals surface area contributed by atoms with Crippen LogP contribution in [0.25, 0.3) is 5.52 Å². The Balaban J connectivity index is 1.56. The Morgan fingerprint density at radius 3 is 2.81 bits per heavy atom. The summed E-state index contributed by atoms with van der Waals surface area (Å²) in [6.07, 6.45) is 3.57. The van der Waals surface area contributed by atoms with Crippen LogP contribution in [-0.2, 0) is 0 Å². The van der Waals surface area contributed by atoms with Crippen LogP contribution in [0.2, 0.25) is 5.02 Å². The second kappa shape index (κ2) is 7.13. The molecule has 27 heavy (non-hydrogen) atoms. The normalized spacial score (nSPS) is 10.7. The van der Waals surface area contributed by atoms with Crippen LogP contribution in [0, 0.1) is 6.92 Å². The minimum Gasteiger partial charge on any atom is -0.455 e. The number of ether oxygens (including phenoxy) is 1. The van der Waals surface area contributed by atoms with Gasteiger partial charge >= 0.3 is 0 Å². The molecule has 0 aliphatic heterocycles. The lowest BCUT2D eigenvalue weighted by molar-refractivity contribution is 0.102. The summed E-state index contributed by atoms with van der Waals surface area (Å²) in [7, 11) is 0. The molecule has 0 aliphatic carbocycles. The van der Waals surface area contributed by atoms with Crippen LogP contribution >= 0.6 is 11.6 Å². The van der Waals surface area contributed by atoms with Crippen LogP contribution in [0.5, 0.6) is 11.5 Å². The first kappa shape index (κ1) is 17.1. The highest BCUT2D eigenvalue weighted by Gasteiger charge is 2.11. The summed E-state index contributed by atoms with van der Waals surface area (Å²) in [6, 6.07) is 18.1. The fraction of sp³-hybridized carbons (Fsp3) is 0.0476. The number of anilines is 1. The molecule has 0 atom stereocenters. The predicted octanol–water partition coefficient (Wildman–Crippen LogP) is 5.34. The van der Waals surface area contributed by atoms with Gasteiger partial charge in [0.15, 0.2) is 0 Å². The minimum atomic E-state index is -0.271. The predicted molar refractivity (Wildman–Crippen MR) is 106 cm³/mol. The maximum absolute atomic E-state index is 12.4. The Hall–Kier alpha value is -3.31. The molecule has 0 saturated heterocycles. The van der Waals surface area contributed by atoms with Crippen molar-refractivity contribution in [2.24, 2.45) is 0 Å². The first-order valence-corrected chi connectivity index (χ1v) is 8.76. The highest BCUT2D eigenvalue weighted by Crippen LogP contribution is 2.28. The number of benzene rings is 2. The van der Waals surface area contributed by atoms with Crippen molar-refractivity contribution < 1.29 is 9.53 Å². The number of hydrogen-bond acceptors (Lipinski definition) is 3. The number of amides is 1. The zero-order valence-corrected chi connectivity index (χ0v) is 15.3. The first-order chi connectivity index (χ1) is 13.1. The Bertz CT molecular complexity index is 1140. The lowest BCUT2D eigenvalue weighted by atomic mass is 10.2. The van der Waals surface area contributed by atoms with Crippen molar-refractivity contribution in [2.75, 3.05) is 5.32 Å². The summed E-state index contributed by atoms with van der Waals surface area (Å²) in [4.78, 5) is 12.4. The maximum Gasteiger partial charge on any atom is 0.257 e. The Morgan fingerprint density at radius 2 is 1.96 bits per heavy atom. The molecule has 0 unspecified atom stereocenters. The molecule has 0 fully saturated rings. The van der Waals surface area contributed by atoms with Gasteiger partial charge in [-0.2, -0.15) is 5.10 Å². The molecule has 6 heteroatoms. The summed E-state index contributed by atoms with van der Waals surface area (Å²) in [5, 5.41) is 7.48. The van der Waals surface area contributed by atoms with Crippen molar-refractivity contribution in [1.29, 1.82) is 0 Å². The van der Waals surface area contributed by atoms with Gasteiger partial charge in [0.05, 0.1) is 22.3 Å².